The molecule has 1 aromatic heterocycles. The van der Waals surface area contributed by atoms with Gasteiger partial charge in [-0.1, -0.05) is 58.2 Å². The first-order valence-corrected chi connectivity index (χ1v) is 13.1. The molecule has 1 heterocycles. The fourth-order valence-electron chi connectivity index (χ4n) is 4.89. The zero-order chi connectivity index (χ0) is 22.1. The third-order valence-electron chi connectivity index (χ3n) is 6.62. The monoisotopic (exact) mass is 441 g/mol. The standard InChI is InChI=1S/C27H39NO2S/c1-4-9-21(6-3)19-27(29)30-26-12-7-10-22-20-23(13-14-25(22)26)28(16-5-2)17-15-24-11-8-18-31-24/h7-8,10-12,18,21,23H,4-6,9,13-17,19-20H2,1-3H3. The van der Waals surface area contributed by atoms with Gasteiger partial charge >= 0.3 is 5.97 Å². The molecule has 0 saturated carbocycles. The van der Waals surface area contributed by atoms with E-state index in [1.165, 1.54) is 22.4 Å². The van der Waals surface area contributed by atoms with Gasteiger partial charge < -0.3 is 4.74 Å². The maximum absolute atomic E-state index is 12.6. The van der Waals surface area contributed by atoms with Crippen molar-refractivity contribution in [2.45, 2.75) is 84.6 Å². The Morgan fingerprint density at radius 3 is 2.74 bits per heavy atom. The third-order valence-corrected chi connectivity index (χ3v) is 7.56. The maximum atomic E-state index is 12.6. The van der Waals surface area contributed by atoms with Crippen molar-refractivity contribution in [1.29, 1.82) is 0 Å². The Labute approximate surface area is 192 Å². The van der Waals surface area contributed by atoms with Crippen LogP contribution in [0.2, 0.25) is 0 Å². The molecule has 0 aliphatic heterocycles. The topological polar surface area (TPSA) is 29.5 Å². The molecular formula is C27H39NO2S. The van der Waals surface area contributed by atoms with E-state index in [1.807, 2.05) is 17.4 Å². The van der Waals surface area contributed by atoms with Gasteiger partial charge in [0, 0.05) is 23.9 Å². The summed E-state index contributed by atoms with van der Waals surface area (Å²) in [5.74, 6) is 1.17. The number of fused-ring (bicyclic) bond motifs is 1. The molecule has 0 amide bonds. The fourth-order valence-corrected chi connectivity index (χ4v) is 5.59. The molecule has 0 N–H and O–H groups in total. The number of carbonyl (C=O) groups is 1. The van der Waals surface area contributed by atoms with E-state index in [1.54, 1.807) is 0 Å². The molecule has 2 unspecified atom stereocenters. The number of ether oxygens (including phenoxy) is 1. The molecule has 0 fully saturated rings. The molecule has 4 heteroatoms. The molecule has 0 radical (unpaired) electrons. The summed E-state index contributed by atoms with van der Waals surface area (Å²) in [6, 6.07) is 11.2. The number of nitrogens with zero attached hydrogens (tertiary/aromatic N) is 1. The minimum absolute atomic E-state index is 0.0700. The van der Waals surface area contributed by atoms with E-state index in [9.17, 15) is 4.79 Å². The first kappa shape index (κ1) is 24.0. The lowest BCUT2D eigenvalue weighted by molar-refractivity contribution is -0.135. The Hall–Kier alpha value is -1.65. The molecule has 1 aliphatic carbocycles. The van der Waals surface area contributed by atoms with Crippen LogP contribution >= 0.6 is 11.3 Å². The summed E-state index contributed by atoms with van der Waals surface area (Å²) in [5, 5.41) is 2.17. The van der Waals surface area contributed by atoms with Crippen LogP contribution in [-0.2, 0) is 24.1 Å². The second-order valence-electron chi connectivity index (χ2n) is 8.90. The number of thiophene rings is 1. The van der Waals surface area contributed by atoms with Gasteiger partial charge in [0.05, 0.1) is 0 Å². The SMILES string of the molecule is CCCC(CC)CC(=O)Oc1cccc2c1CCC(N(CCC)CCc1cccs1)C2. The lowest BCUT2D eigenvalue weighted by Crippen LogP contribution is -2.41. The van der Waals surface area contributed by atoms with E-state index < -0.39 is 0 Å². The molecule has 31 heavy (non-hydrogen) atoms. The second kappa shape index (κ2) is 12.4. The number of carbonyl (C=O) groups excluding carboxylic acids is 1. The fraction of sp³-hybridized carbons (Fsp3) is 0.593. The average Bonchev–Trinajstić information content (AvgIpc) is 3.30. The van der Waals surface area contributed by atoms with Crippen molar-refractivity contribution in [2.75, 3.05) is 13.1 Å². The van der Waals surface area contributed by atoms with Crippen LogP contribution in [-0.4, -0.2) is 30.0 Å². The number of esters is 1. The van der Waals surface area contributed by atoms with Gasteiger partial charge in [-0.15, -0.1) is 11.3 Å². The predicted molar refractivity (Wildman–Crippen MR) is 131 cm³/mol. The summed E-state index contributed by atoms with van der Waals surface area (Å²) in [7, 11) is 0. The largest absolute Gasteiger partial charge is 0.426 e. The zero-order valence-corrected chi connectivity index (χ0v) is 20.4. The Kier molecular flexibility index (Phi) is 9.60. The van der Waals surface area contributed by atoms with E-state index in [0.29, 0.717) is 18.4 Å². The molecule has 0 spiro atoms. The van der Waals surface area contributed by atoms with E-state index in [0.717, 1.165) is 63.8 Å². The third kappa shape index (κ3) is 6.92. The Morgan fingerprint density at radius 1 is 1.16 bits per heavy atom. The van der Waals surface area contributed by atoms with Crippen LogP contribution in [0.5, 0.6) is 5.75 Å². The highest BCUT2D eigenvalue weighted by atomic mass is 32.1. The van der Waals surface area contributed by atoms with E-state index in [-0.39, 0.29) is 5.97 Å². The van der Waals surface area contributed by atoms with Gasteiger partial charge in [0.2, 0.25) is 0 Å². The summed E-state index contributed by atoms with van der Waals surface area (Å²) in [6.07, 6.45) is 9.29. The molecule has 0 saturated heterocycles. The lowest BCUT2D eigenvalue weighted by Gasteiger charge is -2.35. The Bertz CT molecular complexity index is 802. The van der Waals surface area contributed by atoms with Gasteiger partial charge in [-0.3, -0.25) is 9.69 Å². The second-order valence-corrected chi connectivity index (χ2v) is 9.93. The molecule has 3 nitrogen and oxygen atoms in total. The van der Waals surface area contributed by atoms with Crippen LogP contribution in [0.4, 0.5) is 0 Å². The van der Waals surface area contributed by atoms with Gasteiger partial charge in [-0.2, -0.15) is 0 Å². The van der Waals surface area contributed by atoms with Crippen LogP contribution in [0, 0.1) is 5.92 Å². The molecule has 2 atom stereocenters. The maximum Gasteiger partial charge on any atom is 0.311 e. The molecule has 1 aromatic carbocycles. The van der Waals surface area contributed by atoms with Crippen molar-refractivity contribution in [3.63, 3.8) is 0 Å². The minimum Gasteiger partial charge on any atom is -0.426 e. The van der Waals surface area contributed by atoms with Crippen LogP contribution < -0.4 is 4.74 Å². The minimum atomic E-state index is -0.0700. The van der Waals surface area contributed by atoms with E-state index in [2.05, 4.69) is 55.3 Å². The number of hydrogen-bond acceptors (Lipinski definition) is 4. The van der Waals surface area contributed by atoms with Crippen molar-refractivity contribution < 1.29 is 9.53 Å². The number of hydrogen-bond donors (Lipinski definition) is 0. The van der Waals surface area contributed by atoms with Crippen molar-refractivity contribution in [3.8, 4) is 5.75 Å². The van der Waals surface area contributed by atoms with Gasteiger partial charge in [0.1, 0.15) is 5.75 Å². The van der Waals surface area contributed by atoms with Crippen LogP contribution in [0.1, 0.15) is 75.3 Å². The van der Waals surface area contributed by atoms with Gasteiger partial charge in [-0.25, -0.2) is 0 Å². The molecular weight excluding hydrogens is 402 g/mol. The normalized spacial score (nSPS) is 16.8. The van der Waals surface area contributed by atoms with Crippen LogP contribution in [0.25, 0.3) is 0 Å². The first-order chi connectivity index (χ1) is 15.1. The summed E-state index contributed by atoms with van der Waals surface area (Å²) >= 11 is 1.86. The van der Waals surface area contributed by atoms with E-state index >= 15 is 0 Å². The van der Waals surface area contributed by atoms with E-state index in [4.69, 9.17) is 4.74 Å². The van der Waals surface area contributed by atoms with Crippen molar-refractivity contribution in [1.82, 2.24) is 4.90 Å². The lowest BCUT2D eigenvalue weighted by atomic mass is 9.86. The highest BCUT2D eigenvalue weighted by molar-refractivity contribution is 7.09. The summed E-state index contributed by atoms with van der Waals surface area (Å²) in [4.78, 5) is 16.7. The highest BCUT2D eigenvalue weighted by Gasteiger charge is 2.26. The highest BCUT2D eigenvalue weighted by Crippen LogP contribution is 2.32. The zero-order valence-electron chi connectivity index (χ0n) is 19.6. The summed E-state index contributed by atoms with van der Waals surface area (Å²) in [6.45, 7) is 8.89. The first-order valence-electron chi connectivity index (χ1n) is 12.2. The van der Waals surface area contributed by atoms with Crippen molar-refractivity contribution in [3.05, 3.63) is 51.7 Å². The summed E-state index contributed by atoms with van der Waals surface area (Å²) in [5.41, 5.74) is 2.62. The van der Waals surface area contributed by atoms with Crippen molar-refractivity contribution in [2.24, 2.45) is 5.92 Å². The Morgan fingerprint density at radius 2 is 2.03 bits per heavy atom. The van der Waals surface area contributed by atoms with Crippen molar-refractivity contribution >= 4 is 17.3 Å². The van der Waals surface area contributed by atoms with Crippen LogP contribution in [0.15, 0.2) is 35.7 Å². The molecule has 0 bridgehead atoms. The predicted octanol–water partition coefficient (Wildman–Crippen LogP) is 6.68. The van der Waals surface area contributed by atoms with Gasteiger partial charge in [-0.05, 0) is 73.2 Å². The number of benzene rings is 1. The molecule has 1 aliphatic rings. The number of rotatable bonds is 12. The smallest absolute Gasteiger partial charge is 0.311 e. The van der Waals surface area contributed by atoms with Crippen LogP contribution in [0.3, 0.4) is 0 Å². The molecule has 2 aromatic rings. The Balaban J connectivity index is 1.63. The molecule has 3 rings (SSSR count). The molecule has 170 valence electrons. The van der Waals surface area contributed by atoms with Gasteiger partial charge in [0.25, 0.3) is 0 Å². The summed E-state index contributed by atoms with van der Waals surface area (Å²) < 4.78 is 5.88. The van der Waals surface area contributed by atoms with Gasteiger partial charge in [0.15, 0.2) is 0 Å². The quantitative estimate of drug-likeness (QED) is 0.272. The average molecular weight is 442 g/mol.